The maximum Gasteiger partial charge on any atom is 0.479 e. The number of rotatable bonds is 9. The summed E-state index contributed by atoms with van der Waals surface area (Å²) in [5.41, 5.74) is -1.22. The number of nitrogens with one attached hydrogen (secondary N) is 1. The summed E-state index contributed by atoms with van der Waals surface area (Å²) in [5.74, 6) is 0. The maximum absolute atomic E-state index is 12.4. The molecule has 2 unspecified atom stereocenters. The van der Waals surface area contributed by atoms with Gasteiger partial charge < -0.3 is 44.8 Å². The minimum Gasteiger partial charge on any atom is -0.394 e. The van der Waals surface area contributed by atoms with Crippen LogP contribution >= 0.6 is 15.4 Å². The first-order valence-corrected chi connectivity index (χ1v) is 13.9. The third-order valence-corrected chi connectivity index (χ3v) is 8.84. The van der Waals surface area contributed by atoms with Crippen molar-refractivity contribution < 1.29 is 62.8 Å². The average Bonchev–Trinajstić information content (AvgIpc) is 3.14. The van der Waals surface area contributed by atoms with E-state index in [0.29, 0.717) is 0 Å². The van der Waals surface area contributed by atoms with Crippen LogP contribution in [0, 0.1) is 6.92 Å². The third kappa shape index (κ3) is 6.76. The van der Waals surface area contributed by atoms with Crippen LogP contribution in [0.15, 0.2) is 15.8 Å². The van der Waals surface area contributed by atoms with E-state index in [4.69, 9.17) is 9.47 Å². The highest BCUT2D eigenvalue weighted by molar-refractivity contribution is 7.64. The van der Waals surface area contributed by atoms with Gasteiger partial charge >= 0.3 is 21.1 Å². The molecule has 10 atom stereocenters. The Labute approximate surface area is 202 Å². The highest BCUT2D eigenvalue weighted by atomic mass is 31.3. The second-order valence-corrected chi connectivity index (χ2v) is 11.9. The lowest BCUT2D eigenvalue weighted by molar-refractivity contribution is -0.223. The van der Waals surface area contributed by atoms with Crippen LogP contribution in [0.3, 0.4) is 0 Å². The highest BCUT2D eigenvalue weighted by Crippen LogP contribution is 2.60. The number of H-pyrrole nitrogens is 1. The molecule has 2 aliphatic heterocycles. The molecule has 0 aromatic carbocycles. The van der Waals surface area contributed by atoms with Gasteiger partial charge in [0.05, 0.1) is 31.6 Å². The van der Waals surface area contributed by atoms with Crippen LogP contribution < -0.4 is 11.2 Å². The Morgan fingerprint density at radius 1 is 1.06 bits per heavy atom. The molecule has 0 radical (unpaired) electrons. The molecule has 0 spiro atoms. The molecule has 2 saturated heterocycles. The van der Waals surface area contributed by atoms with Gasteiger partial charge in [-0.05, 0) is 6.92 Å². The first kappa shape index (κ1) is 29.3. The van der Waals surface area contributed by atoms with Gasteiger partial charge in [-0.25, -0.2) is 13.7 Å². The lowest BCUT2D eigenvalue weighted by Crippen LogP contribution is -2.59. The fraction of sp³-hybridized carbons (Fsp3) is 0.765. The van der Waals surface area contributed by atoms with E-state index in [9.17, 15) is 54.0 Å². The van der Waals surface area contributed by atoms with Gasteiger partial charge in [0.2, 0.25) is 0 Å². The fourth-order valence-electron chi connectivity index (χ4n) is 3.78. The van der Waals surface area contributed by atoms with Crippen molar-refractivity contribution in [2.45, 2.75) is 62.3 Å². The molecule has 17 nitrogen and oxygen atoms in total. The third-order valence-electron chi connectivity index (χ3n) is 5.69. The summed E-state index contributed by atoms with van der Waals surface area (Å²) in [7, 11) is -10.3. The molecule has 0 bridgehead atoms. The van der Waals surface area contributed by atoms with Crippen molar-refractivity contribution >= 4 is 15.4 Å². The van der Waals surface area contributed by atoms with Crippen molar-refractivity contribution in [2.75, 3.05) is 19.4 Å². The predicted molar refractivity (Wildman–Crippen MR) is 116 cm³/mol. The van der Waals surface area contributed by atoms with Crippen LogP contribution in [0.4, 0.5) is 0 Å². The van der Waals surface area contributed by atoms with E-state index >= 15 is 0 Å². The van der Waals surface area contributed by atoms with Crippen molar-refractivity contribution in [3.8, 4) is 0 Å². The molecule has 0 saturated carbocycles. The van der Waals surface area contributed by atoms with E-state index < -0.39 is 95.0 Å². The van der Waals surface area contributed by atoms with E-state index in [2.05, 4.69) is 13.8 Å². The van der Waals surface area contributed by atoms with Crippen molar-refractivity contribution in [3.63, 3.8) is 0 Å². The molecule has 8 N–H and O–H groups in total. The minimum atomic E-state index is -5.26. The number of aliphatic hydroxyl groups is 5. The number of aliphatic hydroxyl groups excluding tert-OH is 5. The number of ether oxygens (including phenoxy) is 2. The Kier molecular flexibility index (Phi) is 9.11. The van der Waals surface area contributed by atoms with Crippen LogP contribution in [0.1, 0.15) is 18.2 Å². The van der Waals surface area contributed by atoms with Gasteiger partial charge in [-0.3, -0.25) is 23.4 Å². The zero-order chi connectivity index (χ0) is 27.0. The molecule has 206 valence electrons. The molecule has 0 aliphatic carbocycles. The first-order chi connectivity index (χ1) is 16.6. The van der Waals surface area contributed by atoms with Gasteiger partial charge in [0.15, 0.2) is 0 Å². The molecule has 2 aliphatic rings. The monoisotopic (exact) mass is 562 g/mol. The SMILES string of the molecule is Cc1cn([C@H]2C[C@H](O)[C@@H](COP(=O)(O)OP(=O)(O)C[C@H]3O[C@H](CO)[C@@H](O)[C@H](O)[C@H]3O)O2)c(=O)[nH]c1=O. The Morgan fingerprint density at radius 2 is 1.69 bits per heavy atom. The molecule has 19 heteroatoms. The van der Waals surface area contributed by atoms with E-state index in [0.717, 1.165) is 4.57 Å². The number of phosphoric acid groups is 1. The maximum atomic E-state index is 12.4. The van der Waals surface area contributed by atoms with E-state index in [1.807, 2.05) is 0 Å². The van der Waals surface area contributed by atoms with Crippen LogP contribution in [0.25, 0.3) is 0 Å². The van der Waals surface area contributed by atoms with Gasteiger partial charge in [0.1, 0.15) is 36.7 Å². The van der Waals surface area contributed by atoms with Crippen molar-refractivity contribution in [2.24, 2.45) is 0 Å². The summed E-state index contributed by atoms with van der Waals surface area (Å²) in [6.07, 6.45) is -12.1. The number of aryl methyl sites for hydroxylation is 1. The fourth-order valence-corrected chi connectivity index (χ4v) is 6.62. The second-order valence-electron chi connectivity index (χ2n) is 8.44. The molecule has 1 aromatic heterocycles. The number of aromatic amines is 1. The normalized spacial score (nSPS) is 36.3. The minimum absolute atomic E-state index is 0.147. The molecule has 3 heterocycles. The van der Waals surface area contributed by atoms with Gasteiger partial charge in [-0.1, -0.05) is 0 Å². The van der Waals surface area contributed by atoms with Gasteiger partial charge in [0.25, 0.3) is 5.56 Å². The average molecular weight is 562 g/mol. The zero-order valence-electron chi connectivity index (χ0n) is 18.8. The van der Waals surface area contributed by atoms with Crippen LogP contribution in [0.2, 0.25) is 0 Å². The number of hydrogen-bond donors (Lipinski definition) is 8. The quantitative estimate of drug-likeness (QED) is 0.137. The second kappa shape index (κ2) is 11.2. The summed E-state index contributed by atoms with van der Waals surface area (Å²) >= 11 is 0. The number of phosphoric ester groups is 1. The summed E-state index contributed by atoms with van der Waals surface area (Å²) in [6, 6.07) is 0. The van der Waals surface area contributed by atoms with Crippen LogP contribution in [-0.2, 0) is 27.4 Å². The summed E-state index contributed by atoms with van der Waals surface area (Å²) in [6.45, 7) is -0.158. The summed E-state index contributed by atoms with van der Waals surface area (Å²) in [5, 5.41) is 48.9. The zero-order valence-corrected chi connectivity index (χ0v) is 20.6. The lowest BCUT2D eigenvalue weighted by Gasteiger charge is -2.40. The topological polar surface area (TPSA) is 268 Å². The molecule has 1 aromatic rings. The summed E-state index contributed by atoms with van der Waals surface area (Å²) < 4.78 is 45.2. The Hall–Kier alpha value is -1.30. The largest absolute Gasteiger partial charge is 0.479 e. The van der Waals surface area contributed by atoms with Gasteiger partial charge in [0, 0.05) is 18.2 Å². The van der Waals surface area contributed by atoms with E-state index in [-0.39, 0.29) is 12.0 Å². The number of hydrogen-bond acceptors (Lipinski definition) is 13. The van der Waals surface area contributed by atoms with Crippen LogP contribution in [0.5, 0.6) is 0 Å². The number of aromatic nitrogens is 2. The van der Waals surface area contributed by atoms with Crippen molar-refractivity contribution in [1.29, 1.82) is 0 Å². The molecule has 36 heavy (non-hydrogen) atoms. The smallest absolute Gasteiger partial charge is 0.394 e. The van der Waals surface area contributed by atoms with Gasteiger partial charge in [-0.2, -0.15) is 0 Å². The Morgan fingerprint density at radius 3 is 2.33 bits per heavy atom. The Balaban J connectivity index is 1.59. The predicted octanol–water partition coefficient (Wildman–Crippen LogP) is -3.35. The standard InChI is InChI=1S/C17H28N2O15P2/c1-7-3-19(17(26)18-16(7)25)12-2-8(21)10(33-12)5-31-36(29,30)34-35(27,28)6-11-14(23)15(24)13(22)9(4-20)32-11/h3,8-15,20-24H,2,4-6H2,1H3,(H,27,28)(H,29,30)(H,18,25,26)/t8-,9+,10+,11+,12+,13+,14-,15-/m0/s1. The first-order valence-electron chi connectivity index (χ1n) is 10.6. The lowest BCUT2D eigenvalue weighted by atomic mass is 9.96. The Bertz CT molecular complexity index is 1140. The van der Waals surface area contributed by atoms with E-state index in [1.54, 1.807) is 0 Å². The van der Waals surface area contributed by atoms with Gasteiger partial charge in [-0.15, -0.1) is 0 Å². The molecule has 3 rings (SSSR count). The van der Waals surface area contributed by atoms with Crippen molar-refractivity contribution in [1.82, 2.24) is 9.55 Å². The highest BCUT2D eigenvalue weighted by Gasteiger charge is 2.47. The van der Waals surface area contributed by atoms with Crippen molar-refractivity contribution in [3.05, 3.63) is 32.6 Å². The van der Waals surface area contributed by atoms with Crippen LogP contribution in [-0.4, -0.2) is 107 Å². The van der Waals surface area contributed by atoms with E-state index in [1.165, 1.54) is 13.1 Å². The molecule has 0 amide bonds. The molecular formula is C17H28N2O15P2. The summed E-state index contributed by atoms with van der Waals surface area (Å²) in [4.78, 5) is 45.5. The number of nitrogens with zero attached hydrogens (tertiary/aromatic N) is 1. The molecule has 2 fully saturated rings. The molecular weight excluding hydrogens is 534 g/mol.